The van der Waals surface area contributed by atoms with Crippen molar-refractivity contribution < 1.29 is 14.4 Å². The second-order valence-electron chi connectivity index (χ2n) is 6.40. The van der Waals surface area contributed by atoms with Gasteiger partial charge in [-0.1, -0.05) is 18.2 Å². The molecule has 2 fully saturated rings. The van der Waals surface area contributed by atoms with Crippen molar-refractivity contribution in [2.24, 2.45) is 5.92 Å². The molecule has 24 heavy (non-hydrogen) atoms. The van der Waals surface area contributed by atoms with Crippen LogP contribution in [-0.4, -0.2) is 48.8 Å². The third-order valence-corrected chi connectivity index (χ3v) is 4.69. The minimum atomic E-state index is -0.396. The molecule has 2 aliphatic heterocycles. The van der Waals surface area contributed by atoms with E-state index < -0.39 is 5.92 Å². The van der Waals surface area contributed by atoms with Gasteiger partial charge in [0.05, 0.1) is 12.5 Å². The number of carbonyl (C=O) groups excluding carboxylic acids is 3. The van der Waals surface area contributed by atoms with Crippen molar-refractivity contribution >= 4 is 23.4 Å². The molecule has 3 amide bonds. The van der Waals surface area contributed by atoms with Gasteiger partial charge in [-0.3, -0.25) is 14.4 Å². The number of nitrogens with one attached hydrogen (secondary N) is 1. The highest BCUT2D eigenvalue weighted by molar-refractivity contribution is 6.00. The summed E-state index contributed by atoms with van der Waals surface area (Å²) in [7, 11) is 0. The molecular weight excluding hydrogens is 306 g/mol. The summed E-state index contributed by atoms with van der Waals surface area (Å²) in [5, 5.41) is 2.71. The number of nitrogens with zero attached hydrogens (tertiary/aromatic N) is 2. The van der Waals surface area contributed by atoms with Gasteiger partial charge in [0.15, 0.2) is 0 Å². The van der Waals surface area contributed by atoms with Crippen LogP contribution in [0.4, 0.5) is 5.69 Å². The molecule has 0 bridgehead atoms. The van der Waals surface area contributed by atoms with Gasteiger partial charge in [0.25, 0.3) is 0 Å². The lowest BCUT2D eigenvalue weighted by Crippen LogP contribution is -2.44. The predicted molar refractivity (Wildman–Crippen MR) is 90.3 cm³/mol. The summed E-state index contributed by atoms with van der Waals surface area (Å²) in [6.07, 6.45) is 3.42. The highest BCUT2D eigenvalue weighted by Gasteiger charge is 2.35. The zero-order valence-corrected chi connectivity index (χ0v) is 13.7. The summed E-state index contributed by atoms with van der Waals surface area (Å²) in [4.78, 5) is 40.0. The minimum absolute atomic E-state index is 0.0227. The monoisotopic (exact) mass is 329 g/mol. The Morgan fingerprint density at radius 3 is 2.50 bits per heavy atom. The van der Waals surface area contributed by atoms with Gasteiger partial charge in [0.2, 0.25) is 17.7 Å². The van der Waals surface area contributed by atoms with Crippen LogP contribution in [0.5, 0.6) is 0 Å². The molecule has 1 N–H and O–H groups in total. The molecule has 1 aromatic carbocycles. The number of rotatable bonds is 4. The molecule has 6 nitrogen and oxygen atoms in total. The third-order valence-electron chi connectivity index (χ3n) is 4.69. The van der Waals surface area contributed by atoms with Crippen LogP contribution in [0.15, 0.2) is 30.3 Å². The zero-order chi connectivity index (χ0) is 16.9. The fourth-order valence-corrected chi connectivity index (χ4v) is 3.30. The Bertz CT molecular complexity index is 611. The van der Waals surface area contributed by atoms with Crippen LogP contribution < -0.4 is 10.2 Å². The average Bonchev–Trinajstić information content (AvgIpc) is 3.02. The second kappa shape index (κ2) is 7.47. The van der Waals surface area contributed by atoms with E-state index >= 15 is 0 Å². The van der Waals surface area contributed by atoms with Gasteiger partial charge in [-0.2, -0.15) is 0 Å². The molecule has 2 heterocycles. The van der Waals surface area contributed by atoms with Crippen molar-refractivity contribution in [3.8, 4) is 0 Å². The zero-order valence-electron chi connectivity index (χ0n) is 13.7. The Labute approximate surface area is 141 Å². The summed E-state index contributed by atoms with van der Waals surface area (Å²) < 4.78 is 0. The lowest BCUT2D eigenvalue weighted by Gasteiger charge is -2.26. The molecule has 2 aliphatic rings. The van der Waals surface area contributed by atoms with E-state index in [1.54, 1.807) is 9.80 Å². The molecule has 1 aromatic rings. The Morgan fingerprint density at radius 2 is 1.79 bits per heavy atom. The standard InChI is InChI=1S/C18H23N3O3/c22-16-11-14(13-21(16)15-7-3-1-4-8-15)18(24)19-12-17(23)20-9-5-2-6-10-20/h1,3-4,7-8,14H,2,5-6,9-13H2,(H,19,24). The second-order valence-corrected chi connectivity index (χ2v) is 6.40. The van der Waals surface area contributed by atoms with Gasteiger partial charge in [-0.05, 0) is 31.4 Å². The fraction of sp³-hybridized carbons (Fsp3) is 0.500. The van der Waals surface area contributed by atoms with E-state index in [0.717, 1.165) is 38.0 Å². The quantitative estimate of drug-likeness (QED) is 0.901. The number of likely N-dealkylation sites (tertiary alicyclic amines) is 1. The van der Waals surface area contributed by atoms with E-state index in [1.807, 2.05) is 30.3 Å². The Hall–Kier alpha value is -2.37. The highest BCUT2D eigenvalue weighted by Crippen LogP contribution is 2.24. The molecule has 0 spiro atoms. The van der Waals surface area contributed by atoms with Gasteiger partial charge in [0.1, 0.15) is 0 Å². The molecule has 2 saturated heterocycles. The van der Waals surface area contributed by atoms with E-state index in [1.165, 1.54) is 0 Å². The Morgan fingerprint density at radius 1 is 1.08 bits per heavy atom. The SMILES string of the molecule is O=C(NCC(=O)N1CCCCC1)C1CC(=O)N(c2ccccc2)C1. The van der Waals surface area contributed by atoms with Crippen LogP contribution >= 0.6 is 0 Å². The van der Waals surface area contributed by atoms with Crippen LogP contribution in [0.2, 0.25) is 0 Å². The maximum Gasteiger partial charge on any atom is 0.241 e. The van der Waals surface area contributed by atoms with Crippen LogP contribution in [0.3, 0.4) is 0 Å². The van der Waals surface area contributed by atoms with E-state index in [0.29, 0.717) is 6.54 Å². The highest BCUT2D eigenvalue weighted by atomic mass is 16.2. The maximum absolute atomic E-state index is 12.3. The number of amides is 3. The predicted octanol–water partition coefficient (Wildman–Crippen LogP) is 1.17. The summed E-state index contributed by atoms with van der Waals surface area (Å²) >= 11 is 0. The number of piperidine rings is 1. The molecule has 0 radical (unpaired) electrons. The first-order valence-electron chi connectivity index (χ1n) is 8.56. The summed E-state index contributed by atoms with van der Waals surface area (Å²) in [5.41, 5.74) is 0.808. The Kier molecular flexibility index (Phi) is 5.13. The lowest BCUT2D eigenvalue weighted by atomic mass is 10.1. The fourth-order valence-electron chi connectivity index (χ4n) is 3.30. The van der Waals surface area contributed by atoms with Gasteiger partial charge in [-0.15, -0.1) is 0 Å². The van der Waals surface area contributed by atoms with E-state index in [2.05, 4.69) is 5.32 Å². The van der Waals surface area contributed by atoms with E-state index in [-0.39, 0.29) is 30.7 Å². The van der Waals surface area contributed by atoms with Gasteiger partial charge in [0, 0.05) is 31.7 Å². The molecule has 0 aromatic heterocycles. The molecule has 1 atom stereocenters. The van der Waals surface area contributed by atoms with Crippen molar-refractivity contribution in [3.63, 3.8) is 0 Å². The number of anilines is 1. The molecule has 3 rings (SSSR count). The van der Waals surface area contributed by atoms with Crippen molar-refractivity contribution in [3.05, 3.63) is 30.3 Å². The van der Waals surface area contributed by atoms with Crippen molar-refractivity contribution in [2.45, 2.75) is 25.7 Å². The summed E-state index contributed by atoms with van der Waals surface area (Å²) in [5.74, 6) is -0.699. The van der Waals surface area contributed by atoms with Crippen molar-refractivity contribution in [2.75, 3.05) is 31.1 Å². The third kappa shape index (κ3) is 3.75. The molecule has 128 valence electrons. The number of hydrogen-bond acceptors (Lipinski definition) is 3. The van der Waals surface area contributed by atoms with Crippen LogP contribution in [0.25, 0.3) is 0 Å². The van der Waals surface area contributed by atoms with Crippen LogP contribution in [0.1, 0.15) is 25.7 Å². The molecule has 0 aliphatic carbocycles. The topological polar surface area (TPSA) is 69.7 Å². The van der Waals surface area contributed by atoms with Crippen LogP contribution in [0, 0.1) is 5.92 Å². The summed E-state index contributed by atoms with van der Waals surface area (Å²) in [6, 6.07) is 9.34. The molecule has 0 saturated carbocycles. The van der Waals surface area contributed by atoms with Gasteiger partial charge in [-0.25, -0.2) is 0 Å². The number of para-hydroxylation sites is 1. The van der Waals surface area contributed by atoms with E-state index in [9.17, 15) is 14.4 Å². The maximum atomic E-state index is 12.3. The van der Waals surface area contributed by atoms with Crippen LogP contribution in [-0.2, 0) is 14.4 Å². The number of hydrogen-bond donors (Lipinski definition) is 1. The molecule has 6 heteroatoms. The Balaban J connectivity index is 1.51. The lowest BCUT2D eigenvalue weighted by molar-refractivity contribution is -0.134. The van der Waals surface area contributed by atoms with E-state index in [4.69, 9.17) is 0 Å². The first-order chi connectivity index (χ1) is 11.6. The normalized spacial score (nSPS) is 21.0. The molecule has 1 unspecified atom stereocenters. The van der Waals surface area contributed by atoms with Gasteiger partial charge >= 0.3 is 0 Å². The number of carbonyl (C=O) groups is 3. The largest absolute Gasteiger partial charge is 0.347 e. The summed E-state index contributed by atoms with van der Waals surface area (Å²) in [6.45, 7) is 1.94. The number of benzene rings is 1. The first kappa shape index (κ1) is 16.5. The van der Waals surface area contributed by atoms with Gasteiger partial charge < -0.3 is 15.1 Å². The smallest absolute Gasteiger partial charge is 0.241 e. The van der Waals surface area contributed by atoms with Crippen molar-refractivity contribution in [1.29, 1.82) is 0 Å². The average molecular weight is 329 g/mol. The molecular formula is C18H23N3O3. The first-order valence-corrected chi connectivity index (χ1v) is 8.56. The van der Waals surface area contributed by atoms with Crippen molar-refractivity contribution in [1.82, 2.24) is 10.2 Å². The minimum Gasteiger partial charge on any atom is -0.347 e.